The molecule has 0 radical (unpaired) electrons. The highest BCUT2D eigenvalue weighted by Gasteiger charge is 2.36. The number of carbonyl (C=O) groups excluding carboxylic acids is 3. The van der Waals surface area contributed by atoms with Gasteiger partial charge in [-0.15, -0.1) is 0 Å². The van der Waals surface area contributed by atoms with Gasteiger partial charge in [0.2, 0.25) is 5.91 Å². The maximum Gasteiger partial charge on any atom is 0.294 e. The first kappa shape index (κ1) is 21.4. The van der Waals surface area contributed by atoms with E-state index >= 15 is 0 Å². The molecule has 1 fully saturated rings. The van der Waals surface area contributed by atoms with Crippen molar-refractivity contribution in [2.45, 2.75) is 0 Å². The normalized spacial score (nSPS) is 14.8. The van der Waals surface area contributed by atoms with Gasteiger partial charge in [0.1, 0.15) is 29.6 Å². The zero-order valence-corrected chi connectivity index (χ0v) is 17.6. The van der Waals surface area contributed by atoms with Gasteiger partial charge in [0.15, 0.2) is 0 Å². The van der Waals surface area contributed by atoms with E-state index in [0.717, 1.165) is 16.7 Å². The van der Waals surface area contributed by atoms with Gasteiger partial charge in [-0.05, 0) is 72.4 Å². The summed E-state index contributed by atoms with van der Waals surface area (Å²) in [5, 5.41) is 2.09. The number of carbonyl (C=O) groups is 3. The van der Waals surface area contributed by atoms with Crippen molar-refractivity contribution in [1.82, 2.24) is 4.90 Å². The summed E-state index contributed by atoms with van der Waals surface area (Å²) < 4.78 is 23.8. The number of methoxy groups -OCH3 is 1. The van der Waals surface area contributed by atoms with Gasteiger partial charge in [-0.25, -0.2) is 4.39 Å². The second-order valence-corrected chi connectivity index (χ2v) is 7.75. The summed E-state index contributed by atoms with van der Waals surface area (Å²) in [6.07, 6.45) is 1.44. The van der Waals surface area contributed by atoms with Crippen molar-refractivity contribution in [2.75, 3.05) is 19.0 Å². The van der Waals surface area contributed by atoms with Crippen LogP contribution in [0.1, 0.15) is 5.76 Å². The Bertz CT molecular complexity index is 1200. The molecule has 3 aromatic rings. The summed E-state index contributed by atoms with van der Waals surface area (Å²) in [6, 6.07) is 15.8. The molecule has 0 aliphatic carbocycles. The van der Waals surface area contributed by atoms with Crippen molar-refractivity contribution in [2.24, 2.45) is 0 Å². The topological polar surface area (TPSA) is 88.8 Å². The van der Waals surface area contributed by atoms with Crippen LogP contribution in [0.2, 0.25) is 0 Å². The van der Waals surface area contributed by atoms with E-state index in [0.29, 0.717) is 28.5 Å². The number of nitrogens with one attached hydrogen (secondary N) is 1. The fourth-order valence-electron chi connectivity index (χ4n) is 2.98. The maximum absolute atomic E-state index is 13.1. The maximum atomic E-state index is 13.1. The highest BCUT2D eigenvalue weighted by molar-refractivity contribution is 8.18. The van der Waals surface area contributed by atoms with E-state index in [4.69, 9.17) is 9.15 Å². The van der Waals surface area contributed by atoms with E-state index in [2.05, 4.69) is 5.32 Å². The third kappa shape index (κ3) is 4.73. The highest BCUT2D eigenvalue weighted by atomic mass is 32.2. The lowest BCUT2D eigenvalue weighted by molar-refractivity contribution is -0.127. The number of ether oxygens (including phenoxy) is 1. The number of hydrogen-bond acceptors (Lipinski definition) is 6. The minimum atomic E-state index is -0.579. The molecule has 1 N–H and O–H groups in total. The molecule has 4 rings (SSSR count). The van der Waals surface area contributed by atoms with Crippen molar-refractivity contribution < 1.29 is 27.9 Å². The lowest BCUT2D eigenvalue weighted by Gasteiger charge is -2.12. The number of hydrogen-bond donors (Lipinski definition) is 1. The van der Waals surface area contributed by atoms with Gasteiger partial charge >= 0.3 is 0 Å². The Hall–Kier alpha value is -3.85. The second-order valence-electron chi connectivity index (χ2n) is 6.75. The van der Waals surface area contributed by atoms with Gasteiger partial charge < -0.3 is 14.5 Å². The molecule has 0 bridgehead atoms. The Labute approximate surface area is 186 Å². The predicted molar refractivity (Wildman–Crippen MR) is 118 cm³/mol. The fourth-order valence-corrected chi connectivity index (χ4v) is 3.80. The minimum Gasteiger partial charge on any atom is -0.497 e. The summed E-state index contributed by atoms with van der Waals surface area (Å²) in [7, 11) is 1.53. The Morgan fingerprint density at radius 1 is 1.09 bits per heavy atom. The zero-order chi connectivity index (χ0) is 22.7. The van der Waals surface area contributed by atoms with E-state index in [-0.39, 0.29) is 10.7 Å². The van der Waals surface area contributed by atoms with Crippen LogP contribution in [0, 0.1) is 5.82 Å². The molecule has 2 aromatic carbocycles. The smallest absolute Gasteiger partial charge is 0.294 e. The Kier molecular flexibility index (Phi) is 6.09. The Morgan fingerprint density at radius 3 is 2.50 bits per heavy atom. The molecule has 1 aliphatic heterocycles. The number of halogens is 1. The standard InChI is InChI=1S/C23H17FN2O5S/c1-30-17-8-6-16(7-9-17)25-21(27)13-26-22(28)20(32-23(26)29)12-18-10-11-19(31-18)14-2-4-15(24)5-3-14/h2-12H,13H2,1H3,(H,25,27)/b20-12-. The van der Waals surface area contributed by atoms with E-state index in [1.165, 1.54) is 25.3 Å². The van der Waals surface area contributed by atoms with Crippen molar-refractivity contribution in [3.8, 4) is 17.1 Å². The second kappa shape index (κ2) is 9.11. The van der Waals surface area contributed by atoms with Crippen LogP contribution in [0.5, 0.6) is 5.75 Å². The summed E-state index contributed by atoms with van der Waals surface area (Å²) in [5.74, 6) is 0.0524. The van der Waals surface area contributed by atoms with E-state index in [1.807, 2.05) is 0 Å². The van der Waals surface area contributed by atoms with Crippen LogP contribution in [0.15, 0.2) is 70.0 Å². The first-order valence-corrected chi connectivity index (χ1v) is 10.3. The number of anilines is 1. The summed E-state index contributed by atoms with van der Waals surface area (Å²) in [5.41, 5.74) is 1.19. The number of imide groups is 1. The van der Waals surface area contributed by atoms with Crippen LogP contribution in [-0.2, 0) is 9.59 Å². The Morgan fingerprint density at radius 2 is 1.81 bits per heavy atom. The number of thioether (sulfide) groups is 1. The van der Waals surface area contributed by atoms with E-state index in [9.17, 15) is 18.8 Å². The van der Waals surface area contributed by atoms with Gasteiger partial charge in [-0.1, -0.05) is 0 Å². The Balaban J connectivity index is 1.42. The number of furan rings is 1. The predicted octanol–water partition coefficient (Wildman–Crippen LogP) is 4.77. The summed E-state index contributed by atoms with van der Waals surface area (Å²) >= 11 is 0.729. The molecule has 1 aliphatic rings. The number of amides is 3. The van der Waals surface area contributed by atoms with Gasteiger partial charge in [0.05, 0.1) is 12.0 Å². The molecule has 0 unspecified atom stereocenters. The third-order valence-corrected chi connectivity index (χ3v) is 5.49. The quantitative estimate of drug-likeness (QED) is 0.542. The van der Waals surface area contributed by atoms with Crippen LogP contribution in [0.4, 0.5) is 14.9 Å². The summed E-state index contributed by atoms with van der Waals surface area (Å²) in [6.45, 7) is -0.410. The van der Waals surface area contributed by atoms with Gasteiger partial charge in [0.25, 0.3) is 11.1 Å². The fraction of sp³-hybridized carbons (Fsp3) is 0.0870. The van der Waals surface area contributed by atoms with Crippen LogP contribution < -0.4 is 10.1 Å². The van der Waals surface area contributed by atoms with Crippen LogP contribution >= 0.6 is 11.8 Å². The molecule has 0 atom stereocenters. The lowest BCUT2D eigenvalue weighted by Crippen LogP contribution is -2.36. The molecule has 9 heteroatoms. The molecule has 1 aromatic heterocycles. The molecular weight excluding hydrogens is 435 g/mol. The van der Waals surface area contributed by atoms with Gasteiger partial charge in [-0.2, -0.15) is 0 Å². The largest absolute Gasteiger partial charge is 0.497 e. The monoisotopic (exact) mass is 452 g/mol. The molecule has 162 valence electrons. The number of nitrogens with zero attached hydrogens (tertiary/aromatic N) is 1. The lowest BCUT2D eigenvalue weighted by atomic mass is 10.2. The van der Waals surface area contributed by atoms with Crippen LogP contribution in [0.3, 0.4) is 0 Å². The van der Waals surface area contributed by atoms with E-state index < -0.39 is 23.6 Å². The molecule has 2 heterocycles. The first-order chi connectivity index (χ1) is 15.4. The molecule has 1 saturated heterocycles. The molecule has 3 amide bonds. The van der Waals surface area contributed by atoms with Crippen LogP contribution in [-0.4, -0.2) is 35.6 Å². The first-order valence-electron chi connectivity index (χ1n) is 9.48. The summed E-state index contributed by atoms with van der Waals surface area (Å²) in [4.78, 5) is 38.2. The highest BCUT2D eigenvalue weighted by Crippen LogP contribution is 2.33. The van der Waals surface area contributed by atoms with Crippen molar-refractivity contribution in [3.63, 3.8) is 0 Å². The zero-order valence-electron chi connectivity index (χ0n) is 16.8. The molecule has 0 spiro atoms. The molecule has 7 nitrogen and oxygen atoms in total. The minimum absolute atomic E-state index is 0.146. The van der Waals surface area contributed by atoms with Crippen LogP contribution in [0.25, 0.3) is 17.4 Å². The SMILES string of the molecule is COc1ccc(NC(=O)CN2C(=O)S/C(=C\c3ccc(-c4ccc(F)cc4)o3)C2=O)cc1. The van der Waals surface area contributed by atoms with E-state index in [1.54, 1.807) is 48.5 Å². The van der Waals surface area contributed by atoms with Crippen molar-refractivity contribution >= 4 is 40.6 Å². The number of benzene rings is 2. The van der Waals surface area contributed by atoms with Crippen molar-refractivity contribution in [3.05, 3.63) is 77.1 Å². The molecule has 32 heavy (non-hydrogen) atoms. The third-order valence-electron chi connectivity index (χ3n) is 4.58. The molecule has 0 saturated carbocycles. The number of rotatable bonds is 6. The van der Waals surface area contributed by atoms with Gasteiger partial charge in [-0.3, -0.25) is 19.3 Å². The molecular formula is C23H17FN2O5S. The van der Waals surface area contributed by atoms with Crippen molar-refractivity contribution in [1.29, 1.82) is 0 Å². The van der Waals surface area contributed by atoms with Gasteiger partial charge in [0, 0.05) is 17.3 Å². The average molecular weight is 452 g/mol. The average Bonchev–Trinajstić information content (AvgIpc) is 3.35.